The number of nitrogens with one attached hydrogen (secondary N) is 3. The van der Waals surface area contributed by atoms with Gasteiger partial charge in [-0.1, -0.05) is 93.8 Å². The zero-order valence-corrected chi connectivity index (χ0v) is 51.8. The number of methoxy groups -OCH3 is 2. The molecule has 3 N–H and O–H groups in total. The summed E-state index contributed by atoms with van der Waals surface area (Å²) in [6, 6.07) is 27.9. The van der Waals surface area contributed by atoms with Gasteiger partial charge in [-0.25, -0.2) is 9.59 Å². The Morgan fingerprint density at radius 1 is 0.709 bits per heavy atom. The number of piperidine rings is 2. The Hall–Kier alpha value is -7.19. The molecule has 6 aromatic rings. The first-order valence-corrected chi connectivity index (χ1v) is 32.8. The summed E-state index contributed by atoms with van der Waals surface area (Å²) < 4.78 is 12.7. The Labute approximate surface area is 516 Å². The number of benzene rings is 4. The van der Waals surface area contributed by atoms with Crippen LogP contribution in [0.2, 0.25) is 0 Å². The molecule has 5 fully saturated rings. The van der Waals surface area contributed by atoms with Gasteiger partial charge in [-0.2, -0.15) is 5.10 Å². The molecule has 4 aromatic carbocycles. The van der Waals surface area contributed by atoms with E-state index in [1.165, 1.54) is 43.9 Å². The van der Waals surface area contributed by atoms with Crippen LogP contribution < -0.4 is 20.5 Å². The lowest BCUT2D eigenvalue weighted by Crippen LogP contribution is -2.50. The maximum absolute atomic E-state index is 14.0. The monoisotopic (exact) mass is 1210 g/mol. The topological polar surface area (TPSA) is 199 Å². The molecule has 0 bridgehead atoms. The fraction of sp³-hybridized carbons (Fsp3) is 0.500. The minimum Gasteiger partial charge on any atom is -0.493 e. The lowest BCUT2D eigenvalue weighted by atomic mass is 9.88. The first-order valence-electron chi connectivity index (χ1n) is 30.9. The van der Waals surface area contributed by atoms with E-state index in [1.54, 1.807) is 30.5 Å². The molecule has 86 heavy (non-hydrogen) atoms. The summed E-state index contributed by atoms with van der Waals surface area (Å²) in [7, 11) is 3.20. The van der Waals surface area contributed by atoms with E-state index < -0.39 is 5.25 Å². The number of thioether (sulfide) groups is 2. The van der Waals surface area contributed by atoms with Gasteiger partial charge in [0.1, 0.15) is 10.7 Å². The summed E-state index contributed by atoms with van der Waals surface area (Å²) in [5.41, 5.74) is 7.89. The van der Waals surface area contributed by atoms with E-state index >= 15 is 0 Å². The van der Waals surface area contributed by atoms with E-state index in [-0.39, 0.29) is 80.6 Å². The number of para-hydroxylation sites is 1. The third-order valence-electron chi connectivity index (χ3n) is 18.3. The summed E-state index contributed by atoms with van der Waals surface area (Å²) in [6.07, 6.45) is 14.8. The number of ether oxygens (including phenoxy) is 2. The highest BCUT2D eigenvalue weighted by Crippen LogP contribution is 2.48. The van der Waals surface area contributed by atoms with Gasteiger partial charge in [0.25, 0.3) is 0 Å². The Kier molecular flexibility index (Phi) is 19.2. The molecular weight excluding hydrogens is 1120 g/mol. The minimum atomic E-state index is -0.443. The normalized spacial score (nSPS) is 21.6. The third kappa shape index (κ3) is 13.5. The van der Waals surface area contributed by atoms with Crippen molar-refractivity contribution in [3.8, 4) is 22.8 Å². The smallest absolute Gasteiger partial charge is 0.326 e. The molecule has 4 unspecified atom stereocenters. The molecule has 20 heteroatoms. The highest BCUT2D eigenvalue weighted by Gasteiger charge is 2.45. The van der Waals surface area contributed by atoms with E-state index in [9.17, 15) is 28.8 Å². The summed E-state index contributed by atoms with van der Waals surface area (Å²) in [4.78, 5) is 93.1. The number of amides is 6. The number of fused-ring (bicyclic) bond motifs is 2. The fourth-order valence-corrected chi connectivity index (χ4v) is 16.3. The first kappa shape index (κ1) is 60.5. The molecule has 0 spiro atoms. The molecule has 1 aliphatic carbocycles. The highest BCUT2D eigenvalue weighted by atomic mass is 32.2. The average Bonchev–Trinajstić information content (AvgIpc) is 1.87. The van der Waals surface area contributed by atoms with Crippen LogP contribution >= 0.6 is 23.5 Å². The number of imidazole rings is 1. The Balaban J connectivity index is 0.000000223. The molecule has 0 radical (unpaired) electrons. The minimum absolute atomic E-state index is 0. The number of hydrogen-bond donors (Lipinski definition) is 3. The lowest BCUT2D eigenvalue weighted by molar-refractivity contribution is -0.137. The van der Waals surface area contributed by atoms with Crippen molar-refractivity contribution >= 4 is 69.8 Å². The number of anilines is 1. The molecule has 462 valence electrons. The van der Waals surface area contributed by atoms with Crippen LogP contribution in [0, 0.1) is 18.8 Å². The number of aryl methyl sites for hydroxylation is 1. The lowest BCUT2D eigenvalue weighted by Gasteiger charge is -2.38. The first-order chi connectivity index (χ1) is 41.7. The Morgan fingerprint density at radius 2 is 1.35 bits per heavy atom. The number of aromatic amines is 2. The predicted octanol–water partition coefficient (Wildman–Crippen LogP) is 11.7. The number of hydrogen-bond acceptors (Lipinski definition) is 11. The van der Waals surface area contributed by atoms with Gasteiger partial charge in [0.15, 0.2) is 11.5 Å². The molecule has 1 saturated carbocycles. The van der Waals surface area contributed by atoms with Gasteiger partial charge in [0.2, 0.25) is 23.6 Å². The summed E-state index contributed by atoms with van der Waals surface area (Å²) in [5, 5.41) is 10.3. The van der Waals surface area contributed by atoms with Crippen molar-refractivity contribution < 1.29 is 37.7 Å². The Bertz CT molecular complexity index is 3460. The van der Waals surface area contributed by atoms with E-state index in [1.807, 2.05) is 98.7 Å². The number of rotatable bonds is 16. The van der Waals surface area contributed by atoms with Crippen molar-refractivity contribution in [2.45, 2.75) is 138 Å². The maximum atomic E-state index is 14.0. The standard InChI is InChI=1S/C34H42N6O3S.C32H40N4O5S.3H2/c1-22-17-25(18-26-20-35-37-31(22)26)33-40(21-23-7-3-2-4-8-23)32(42)29(44-33)19-30(41)38-14-12-27(13-15-38)39-16-11-24-9-5-6-10-28(24)36-34(39)43;1-21(2)12-17-35-30(38)28(42-31(35)23-10-11-26(40-3)27(18-23)41-4)19-29(37)34-15-13-24(14-16-34)36-20-25(33-32(36)39)22-8-6-5-7-9-22;;;/h5-6,9-10,17-18,20,23,27,29,33H,2-4,7-8,11-16,19,21H2,1H3,(H,35,37)(H,36,43);5-11,18,20-21,24,28,31H,12-17,19H2,1-4H3,(H,33,39);3*1H. The molecular formula is C66H88N10O8S2. The largest absolute Gasteiger partial charge is 0.493 e. The van der Waals surface area contributed by atoms with Gasteiger partial charge in [0.05, 0.1) is 42.1 Å². The fourth-order valence-electron chi connectivity index (χ4n) is 13.4. The van der Waals surface area contributed by atoms with Gasteiger partial charge >= 0.3 is 11.7 Å². The van der Waals surface area contributed by atoms with Crippen LogP contribution in [0.4, 0.5) is 10.5 Å². The molecule has 6 amide bonds. The van der Waals surface area contributed by atoms with Gasteiger partial charge in [-0.05, 0) is 122 Å². The molecule has 2 aromatic heterocycles. The van der Waals surface area contributed by atoms with Crippen molar-refractivity contribution in [3.05, 3.63) is 130 Å². The second-order valence-electron chi connectivity index (χ2n) is 24.4. The van der Waals surface area contributed by atoms with E-state index in [0.717, 1.165) is 82.3 Å². The zero-order valence-electron chi connectivity index (χ0n) is 50.2. The van der Waals surface area contributed by atoms with Gasteiger partial charge in [-0.15, -0.1) is 23.5 Å². The number of aromatic nitrogens is 4. The molecule has 4 atom stereocenters. The summed E-state index contributed by atoms with van der Waals surface area (Å²) >= 11 is 3.18. The molecule has 12 rings (SSSR count). The van der Waals surface area contributed by atoms with Gasteiger partial charge in [-0.3, -0.25) is 28.8 Å². The second-order valence-corrected chi connectivity index (χ2v) is 26.9. The quantitative estimate of drug-likeness (QED) is 0.0833. The van der Waals surface area contributed by atoms with Crippen molar-refractivity contribution in [1.29, 1.82) is 0 Å². The molecule has 6 aliphatic rings. The van der Waals surface area contributed by atoms with Gasteiger partial charge in [0, 0.05) is 92.3 Å². The van der Waals surface area contributed by atoms with Crippen LogP contribution in [0.25, 0.3) is 22.2 Å². The maximum Gasteiger partial charge on any atom is 0.326 e. The molecule has 7 heterocycles. The van der Waals surface area contributed by atoms with Gasteiger partial charge < -0.3 is 44.3 Å². The van der Waals surface area contributed by atoms with Crippen LogP contribution in [0.5, 0.6) is 11.5 Å². The van der Waals surface area contributed by atoms with Crippen LogP contribution in [0.3, 0.4) is 0 Å². The van der Waals surface area contributed by atoms with Crippen LogP contribution in [0.1, 0.15) is 134 Å². The SMILES string of the molecule is COc1ccc(C2SC(CC(=O)N3CCC(n4cc(-c5ccccc5)[nH]c4=O)CC3)C(=O)N2CCC(C)C)cc1OC.Cc1cc(C2SC(CC(=O)N3CCC(N4CCc5ccccc5NC4=O)CC3)C(=O)N2CC2CCCCC2)cc2cn[nH]c12.[HH].[HH].[HH]. The summed E-state index contributed by atoms with van der Waals surface area (Å²) in [5.74, 6) is 2.36. The number of carbonyl (C=O) groups is 5. The highest BCUT2D eigenvalue weighted by molar-refractivity contribution is 8.01. The number of urea groups is 1. The molecule has 5 aliphatic heterocycles. The predicted molar refractivity (Wildman–Crippen MR) is 344 cm³/mol. The number of likely N-dealkylation sites (tertiary alicyclic amines) is 2. The van der Waals surface area contributed by atoms with E-state index in [4.69, 9.17) is 9.47 Å². The van der Waals surface area contributed by atoms with Crippen molar-refractivity contribution in [2.24, 2.45) is 11.8 Å². The third-order valence-corrected chi connectivity index (χ3v) is 21.3. The van der Waals surface area contributed by atoms with E-state index in [2.05, 4.69) is 64.4 Å². The number of H-pyrrole nitrogens is 2. The van der Waals surface area contributed by atoms with Crippen LogP contribution in [-0.4, -0.2) is 150 Å². The van der Waals surface area contributed by atoms with Crippen LogP contribution in [-0.2, 0) is 25.6 Å². The van der Waals surface area contributed by atoms with Crippen LogP contribution in [0.15, 0.2) is 102 Å². The number of carbonyl (C=O) groups excluding carboxylic acids is 5. The van der Waals surface area contributed by atoms with Crippen molar-refractivity contribution in [2.75, 3.05) is 65.3 Å². The molecule has 18 nitrogen and oxygen atoms in total. The van der Waals surface area contributed by atoms with Crippen molar-refractivity contribution in [3.63, 3.8) is 0 Å². The van der Waals surface area contributed by atoms with Crippen molar-refractivity contribution in [1.82, 2.24) is 44.2 Å². The average molecular weight is 1210 g/mol. The second kappa shape index (κ2) is 27.2. The molecule has 4 saturated heterocycles. The summed E-state index contributed by atoms with van der Waals surface area (Å²) in [6.45, 7) is 10.8. The zero-order chi connectivity index (χ0) is 60.0. The Morgan fingerprint density at radius 3 is 2.02 bits per heavy atom. The van der Waals surface area contributed by atoms with E-state index in [0.29, 0.717) is 75.4 Å². The number of nitrogens with zero attached hydrogens (tertiary/aromatic N) is 7.